The highest BCUT2D eigenvalue weighted by molar-refractivity contribution is 5.22. The van der Waals surface area contributed by atoms with E-state index < -0.39 is 0 Å². The van der Waals surface area contributed by atoms with Crippen molar-refractivity contribution in [2.75, 3.05) is 6.54 Å². The average Bonchev–Trinajstić information content (AvgIpc) is 2.77. The lowest BCUT2D eigenvalue weighted by molar-refractivity contribution is 0.672. The molecule has 0 radical (unpaired) electrons. The molecule has 0 aliphatic carbocycles. The maximum atomic E-state index is 4.30. The number of hydrogen-bond donors (Lipinski definition) is 1. The van der Waals surface area contributed by atoms with Gasteiger partial charge in [-0.3, -0.25) is 4.68 Å². The van der Waals surface area contributed by atoms with Crippen LogP contribution in [-0.2, 0) is 13.1 Å². The topological polar surface area (TPSA) is 29.9 Å². The summed E-state index contributed by atoms with van der Waals surface area (Å²) < 4.78 is 1.97. The van der Waals surface area contributed by atoms with Gasteiger partial charge in [0.25, 0.3) is 0 Å². The standard InChI is InChI=1S/C15H21N3/c1-3-8-16-10-14-4-6-15(7-5-14)12-18-11-13(2)9-17-18/h4-7,9,11,16H,3,8,10,12H2,1-2H3. The number of nitrogens with zero attached hydrogens (tertiary/aromatic N) is 2. The van der Waals surface area contributed by atoms with Crippen molar-refractivity contribution >= 4 is 0 Å². The smallest absolute Gasteiger partial charge is 0.0659 e. The lowest BCUT2D eigenvalue weighted by Crippen LogP contribution is -2.13. The molecule has 1 N–H and O–H groups in total. The summed E-state index contributed by atoms with van der Waals surface area (Å²) in [5.74, 6) is 0. The lowest BCUT2D eigenvalue weighted by atomic mass is 10.1. The van der Waals surface area contributed by atoms with Crippen molar-refractivity contribution in [1.82, 2.24) is 15.1 Å². The predicted octanol–water partition coefficient (Wildman–Crippen LogP) is 2.74. The Morgan fingerprint density at radius 1 is 1.17 bits per heavy atom. The van der Waals surface area contributed by atoms with Gasteiger partial charge in [0, 0.05) is 12.7 Å². The molecule has 3 heteroatoms. The van der Waals surface area contributed by atoms with Crippen LogP contribution in [-0.4, -0.2) is 16.3 Å². The first-order valence-electron chi connectivity index (χ1n) is 6.55. The van der Waals surface area contributed by atoms with Crippen molar-refractivity contribution in [3.8, 4) is 0 Å². The summed E-state index contributed by atoms with van der Waals surface area (Å²) >= 11 is 0. The summed E-state index contributed by atoms with van der Waals surface area (Å²) in [5, 5.41) is 7.70. The van der Waals surface area contributed by atoms with Crippen molar-refractivity contribution in [1.29, 1.82) is 0 Å². The van der Waals surface area contributed by atoms with E-state index in [-0.39, 0.29) is 0 Å². The minimum absolute atomic E-state index is 0.844. The number of nitrogens with one attached hydrogen (secondary N) is 1. The van der Waals surface area contributed by atoms with E-state index in [0.717, 1.165) is 19.6 Å². The van der Waals surface area contributed by atoms with Crippen LogP contribution in [0.2, 0.25) is 0 Å². The maximum absolute atomic E-state index is 4.30. The molecule has 0 aliphatic rings. The molecule has 2 aromatic rings. The molecule has 2 rings (SSSR count). The van der Waals surface area contributed by atoms with Crippen LogP contribution in [0.3, 0.4) is 0 Å². The zero-order valence-electron chi connectivity index (χ0n) is 11.2. The molecule has 1 aromatic heterocycles. The SMILES string of the molecule is CCCNCc1ccc(Cn2cc(C)cn2)cc1. The maximum Gasteiger partial charge on any atom is 0.0659 e. The van der Waals surface area contributed by atoms with Gasteiger partial charge < -0.3 is 5.32 Å². The summed E-state index contributed by atoms with van der Waals surface area (Å²) in [4.78, 5) is 0. The minimum Gasteiger partial charge on any atom is -0.313 e. The Balaban J connectivity index is 1.91. The van der Waals surface area contributed by atoms with E-state index in [1.54, 1.807) is 0 Å². The van der Waals surface area contributed by atoms with Gasteiger partial charge in [-0.1, -0.05) is 31.2 Å². The van der Waals surface area contributed by atoms with E-state index in [0.29, 0.717) is 0 Å². The number of benzene rings is 1. The van der Waals surface area contributed by atoms with E-state index in [2.05, 4.69) is 54.7 Å². The molecule has 0 saturated heterocycles. The Labute approximate surface area is 109 Å². The highest BCUT2D eigenvalue weighted by Gasteiger charge is 1.98. The van der Waals surface area contributed by atoms with Crippen molar-refractivity contribution in [2.24, 2.45) is 0 Å². The normalized spacial score (nSPS) is 10.8. The molecule has 3 nitrogen and oxygen atoms in total. The third-order valence-electron chi connectivity index (χ3n) is 2.89. The number of hydrogen-bond acceptors (Lipinski definition) is 2. The Hall–Kier alpha value is -1.61. The average molecular weight is 243 g/mol. The van der Waals surface area contributed by atoms with Gasteiger partial charge in [0.1, 0.15) is 0 Å². The van der Waals surface area contributed by atoms with Crippen LogP contribution in [0.25, 0.3) is 0 Å². The van der Waals surface area contributed by atoms with Crippen LogP contribution in [0.4, 0.5) is 0 Å². The van der Waals surface area contributed by atoms with Crippen molar-refractivity contribution in [3.05, 3.63) is 53.3 Å². The van der Waals surface area contributed by atoms with Crippen LogP contribution in [0.5, 0.6) is 0 Å². The van der Waals surface area contributed by atoms with Crippen LogP contribution in [0.15, 0.2) is 36.7 Å². The highest BCUT2D eigenvalue weighted by Crippen LogP contribution is 2.06. The van der Waals surface area contributed by atoms with Gasteiger partial charge >= 0.3 is 0 Å². The van der Waals surface area contributed by atoms with E-state index >= 15 is 0 Å². The summed E-state index contributed by atoms with van der Waals surface area (Å²) in [5.41, 5.74) is 3.83. The monoisotopic (exact) mass is 243 g/mol. The molecule has 0 amide bonds. The highest BCUT2D eigenvalue weighted by atomic mass is 15.3. The Kier molecular flexibility index (Phi) is 4.53. The fourth-order valence-corrected chi connectivity index (χ4v) is 1.91. The van der Waals surface area contributed by atoms with Gasteiger partial charge in [-0.25, -0.2) is 0 Å². The zero-order chi connectivity index (χ0) is 12.8. The van der Waals surface area contributed by atoms with Crippen LogP contribution in [0, 0.1) is 6.92 Å². The molecule has 1 aromatic carbocycles. The first-order chi connectivity index (χ1) is 8.78. The molecular formula is C15H21N3. The summed E-state index contributed by atoms with van der Waals surface area (Å²) in [6.07, 6.45) is 5.14. The van der Waals surface area contributed by atoms with Gasteiger partial charge in [-0.2, -0.15) is 5.10 Å². The van der Waals surface area contributed by atoms with E-state index in [1.807, 2.05) is 10.9 Å². The quantitative estimate of drug-likeness (QED) is 0.791. The molecule has 0 atom stereocenters. The first kappa shape index (κ1) is 12.8. The van der Waals surface area contributed by atoms with Crippen molar-refractivity contribution in [3.63, 3.8) is 0 Å². The van der Waals surface area contributed by atoms with Gasteiger partial charge in [0.2, 0.25) is 0 Å². The second-order valence-electron chi connectivity index (χ2n) is 4.71. The second-order valence-corrected chi connectivity index (χ2v) is 4.71. The molecule has 0 saturated carbocycles. The fourth-order valence-electron chi connectivity index (χ4n) is 1.91. The number of aromatic nitrogens is 2. The van der Waals surface area contributed by atoms with E-state index in [9.17, 15) is 0 Å². The van der Waals surface area contributed by atoms with Crippen LogP contribution < -0.4 is 5.32 Å². The first-order valence-corrected chi connectivity index (χ1v) is 6.55. The largest absolute Gasteiger partial charge is 0.313 e. The molecule has 96 valence electrons. The third-order valence-corrected chi connectivity index (χ3v) is 2.89. The number of aryl methyl sites for hydroxylation is 1. The Morgan fingerprint density at radius 2 is 1.89 bits per heavy atom. The van der Waals surface area contributed by atoms with Gasteiger partial charge in [-0.05, 0) is 36.6 Å². The van der Waals surface area contributed by atoms with E-state index in [4.69, 9.17) is 0 Å². The summed E-state index contributed by atoms with van der Waals surface area (Å²) in [7, 11) is 0. The zero-order valence-corrected chi connectivity index (χ0v) is 11.2. The van der Waals surface area contributed by atoms with Crippen LogP contribution in [0.1, 0.15) is 30.0 Å². The molecule has 0 aliphatic heterocycles. The third kappa shape index (κ3) is 3.70. The van der Waals surface area contributed by atoms with Gasteiger partial charge in [0.05, 0.1) is 12.7 Å². The van der Waals surface area contributed by atoms with Crippen molar-refractivity contribution in [2.45, 2.75) is 33.4 Å². The van der Waals surface area contributed by atoms with Gasteiger partial charge in [0.15, 0.2) is 0 Å². The Bertz CT molecular complexity index is 471. The molecule has 0 fully saturated rings. The van der Waals surface area contributed by atoms with Crippen LogP contribution >= 0.6 is 0 Å². The molecule has 0 bridgehead atoms. The number of rotatable bonds is 6. The fraction of sp³-hybridized carbons (Fsp3) is 0.400. The summed E-state index contributed by atoms with van der Waals surface area (Å²) in [6, 6.07) is 8.74. The summed E-state index contributed by atoms with van der Waals surface area (Å²) in [6.45, 7) is 7.12. The van der Waals surface area contributed by atoms with Crippen molar-refractivity contribution < 1.29 is 0 Å². The minimum atomic E-state index is 0.844. The van der Waals surface area contributed by atoms with E-state index in [1.165, 1.54) is 23.1 Å². The molecular weight excluding hydrogens is 222 g/mol. The molecule has 18 heavy (non-hydrogen) atoms. The molecule has 1 heterocycles. The second kappa shape index (κ2) is 6.36. The Morgan fingerprint density at radius 3 is 2.50 bits per heavy atom. The molecule has 0 unspecified atom stereocenters. The van der Waals surface area contributed by atoms with Gasteiger partial charge in [-0.15, -0.1) is 0 Å². The lowest BCUT2D eigenvalue weighted by Gasteiger charge is -2.05. The molecule has 0 spiro atoms. The predicted molar refractivity (Wildman–Crippen MR) is 74.5 cm³/mol.